The second-order valence-corrected chi connectivity index (χ2v) is 1.58. The van der Waals surface area contributed by atoms with Gasteiger partial charge in [-0.3, -0.25) is 0 Å². The lowest BCUT2D eigenvalue weighted by Crippen LogP contribution is -2.14. The van der Waals surface area contributed by atoms with E-state index in [4.69, 9.17) is 5.11 Å². The first-order chi connectivity index (χ1) is 4.22. The fourth-order valence-corrected chi connectivity index (χ4v) is 0.500. The zero-order chi connectivity index (χ0) is 7.28. The van der Waals surface area contributed by atoms with E-state index in [2.05, 4.69) is 5.32 Å². The molecule has 0 saturated carbocycles. The fraction of sp³-hybridized carbons (Fsp3) is 0.500. The number of rotatable bonds is 3. The fourth-order valence-electron chi connectivity index (χ4n) is 0.500. The molecule has 0 spiro atoms. The standard InChI is InChI=1S/C6H11NO2/c1-3-4-5(7-2)6(8)9/h4,7H,3H2,1-2H3,(H,8,9)/b5-4-. The lowest BCUT2D eigenvalue weighted by Gasteiger charge is -1.97. The molecule has 0 aromatic carbocycles. The molecule has 0 radical (unpaired) electrons. The van der Waals surface area contributed by atoms with Crippen LogP contribution in [0, 0.1) is 0 Å². The van der Waals surface area contributed by atoms with Gasteiger partial charge < -0.3 is 10.4 Å². The molecule has 0 fully saturated rings. The SMILES string of the molecule is CC/C=C(\NC)C(=O)O. The third-order valence-electron chi connectivity index (χ3n) is 0.908. The Labute approximate surface area is 54.4 Å². The first-order valence-electron chi connectivity index (χ1n) is 2.83. The monoisotopic (exact) mass is 129 g/mol. The molecule has 0 bridgehead atoms. The molecular weight excluding hydrogens is 118 g/mol. The third-order valence-corrected chi connectivity index (χ3v) is 0.908. The van der Waals surface area contributed by atoms with Crippen molar-refractivity contribution in [2.45, 2.75) is 13.3 Å². The summed E-state index contributed by atoms with van der Waals surface area (Å²) in [5, 5.41) is 10.9. The van der Waals surface area contributed by atoms with Gasteiger partial charge in [0.05, 0.1) is 0 Å². The number of likely N-dealkylation sites (N-methyl/N-ethyl adjacent to an activating group) is 1. The van der Waals surface area contributed by atoms with E-state index < -0.39 is 5.97 Å². The summed E-state index contributed by atoms with van der Waals surface area (Å²) in [6, 6.07) is 0. The highest BCUT2D eigenvalue weighted by Gasteiger charge is 2.00. The number of hydrogen-bond donors (Lipinski definition) is 2. The van der Waals surface area contributed by atoms with E-state index in [0.29, 0.717) is 0 Å². The Kier molecular flexibility index (Phi) is 3.51. The normalized spacial score (nSPS) is 11.1. The van der Waals surface area contributed by atoms with E-state index in [-0.39, 0.29) is 5.70 Å². The van der Waals surface area contributed by atoms with Gasteiger partial charge in [0.15, 0.2) is 0 Å². The highest BCUT2D eigenvalue weighted by molar-refractivity contribution is 5.85. The van der Waals surface area contributed by atoms with Crippen molar-refractivity contribution < 1.29 is 9.90 Å². The summed E-state index contributed by atoms with van der Waals surface area (Å²) in [6.07, 6.45) is 2.37. The maximum absolute atomic E-state index is 10.2. The molecule has 0 aromatic heterocycles. The predicted molar refractivity (Wildman–Crippen MR) is 35.1 cm³/mol. The van der Waals surface area contributed by atoms with Crippen molar-refractivity contribution in [3.05, 3.63) is 11.8 Å². The molecule has 3 nitrogen and oxygen atoms in total. The van der Waals surface area contributed by atoms with Gasteiger partial charge in [-0.1, -0.05) is 13.0 Å². The van der Waals surface area contributed by atoms with Crippen molar-refractivity contribution in [2.24, 2.45) is 0 Å². The summed E-state index contributed by atoms with van der Waals surface area (Å²) in [6.45, 7) is 1.89. The highest BCUT2D eigenvalue weighted by atomic mass is 16.4. The van der Waals surface area contributed by atoms with Crippen LogP contribution in [0.25, 0.3) is 0 Å². The summed E-state index contributed by atoms with van der Waals surface area (Å²) in [5.41, 5.74) is 0.262. The molecule has 0 rings (SSSR count). The Hall–Kier alpha value is -0.990. The summed E-state index contributed by atoms with van der Waals surface area (Å²) < 4.78 is 0. The van der Waals surface area contributed by atoms with Gasteiger partial charge in [0.2, 0.25) is 0 Å². The van der Waals surface area contributed by atoms with Gasteiger partial charge in [0, 0.05) is 7.05 Å². The molecule has 3 heteroatoms. The predicted octanol–water partition coefficient (Wildman–Crippen LogP) is 0.584. The Balaban J connectivity index is 3.98. The zero-order valence-electron chi connectivity index (χ0n) is 5.64. The number of allylic oxidation sites excluding steroid dienone is 1. The van der Waals surface area contributed by atoms with Crippen LogP contribution < -0.4 is 5.32 Å². The Morgan fingerprint density at radius 3 is 2.44 bits per heavy atom. The lowest BCUT2D eigenvalue weighted by molar-refractivity contribution is -0.133. The highest BCUT2D eigenvalue weighted by Crippen LogP contribution is 1.89. The zero-order valence-corrected chi connectivity index (χ0v) is 5.64. The topological polar surface area (TPSA) is 49.3 Å². The summed E-state index contributed by atoms with van der Waals surface area (Å²) in [5.74, 6) is -0.903. The second kappa shape index (κ2) is 3.95. The number of aliphatic carboxylic acids is 1. The molecule has 52 valence electrons. The van der Waals surface area contributed by atoms with Gasteiger partial charge in [0.1, 0.15) is 5.70 Å². The average molecular weight is 129 g/mol. The largest absolute Gasteiger partial charge is 0.477 e. The Morgan fingerprint density at radius 1 is 1.78 bits per heavy atom. The van der Waals surface area contributed by atoms with Crippen LogP contribution in [-0.2, 0) is 4.79 Å². The van der Waals surface area contributed by atoms with Crippen molar-refractivity contribution in [3.63, 3.8) is 0 Å². The molecule has 0 aliphatic carbocycles. The molecule has 2 N–H and O–H groups in total. The number of hydrogen-bond acceptors (Lipinski definition) is 2. The van der Waals surface area contributed by atoms with Gasteiger partial charge in [0.25, 0.3) is 0 Å². The average Bonchev–Trinajstić information content (AvgIpc) is 1.82. The van der Waals surface area contributed by atoms with E-state index in [1.54, 1.807) is 13.1 Å². The van der Waals surface area contributed by atoms with E-state index in [9.17, 15) is 4.79 Å². The summed E-state index contributed by atoms with van der Waals surface area (Å²) in [7, 11) is 1.59. The van der Waals surface area contributed by atoms with Crippen LogP contribution in [-0.4, -0.2) is 18.1 Å². The van der Waals surface area contributed by atoms with Crippen LogP contribution in [0.4, 0.5) is 0 Å². The smallest absolute Gasteiger partial charge is 0.351 e. The lowest BCUT2D eigenvalue weighted by atomic mass is 10.3. The van der Waals surface area contributed by atoms with Crippen molar-refractivity contribution in [2.75, 3.05) is 7.05 Å². The summed E-state index contributed by atoms with van der Waals surface area (Å²) >= 11 is 0. The van der Waals surface area contributed by atoms with Gasteiger partial charge >= 0.3 is 5.97 Å². The Morgan fingerprint density at radius 2 is 2.33 bits per heavy atom. The molecule has 0 heterocycles. The maximum Gasteiger partial charge on any atom is 0.351 e. The minimum absolute atomic E-state index is 0.262. The second-order valence-electron chi connectivity index (χ2n) is 1.58. The van der Waals surface area contributed by atoms with Crippen LogP contribution >= 0.6 is 0 Å². The van der Waals surface area contributed by atoms with Gasteiger partial charge in [-0.2, -0.15) is 0 Å². The van der Waals surface area contributed by atoms with E-state index in [0.717, 1.165) is 6.42 Å². The van der Waals surface area contributed by atoms with Crippen molar-refractivity contribution in [3.8, 4) is 0 Å². The molecule has 0 aliphatic heterocycles. The Bertz CT molecular complexity index is 129. The van der Waals surface area contributed by atoms with Gasteiger partial charge in [-0.15, -0.1) is 0 Å². The van der Waals surface area contributed by atoms with Crippen molar-refractivity contribution >= 4 is 5.97 Å². The van der Waals surface area contributed by atoms with Gasteiger partial charge in [-0.05, 0) is 6.42 Å². The van der Waals surface area contributed by atoms with Crippen molar-refractivity contribution in [1.82, 2.24) is 5.32 Å². The van der Waals surface area contributed by atoms with Crippen LogP contribution in [0.5, 0.6) is 0 Å². The van der Waals surface area contributed by atoms with E-state index in [1.165, 1.54) is 0 Å². The first-order valence-corrected chi connectivity index (χ1v) is 2.83. The van der Waals surface area contributed by atoms with Crippen LogP contribution in [0.1, 0.15) is 13.3 Å². The number of carboxylic acids is 1. The third kappa shape index (κ3) is 2.74. The molecule has 0 atom stereocenters. The number of nitrogens with one attached hydrogen (secondary N) is 1. The molecule has 0 aromatic rings. The van der Waals surface area contributed by atoms with Crippen molar-refractivity contribution in [1.29, 1.82) is 0 Å². The molecule has 0 amide bonds. The van der Waals surface area contributed by atoms with Crippen LogP contribution in [0.3, 0.4) is 0 Å². The van der Waals surface area contributed by atoms with E-state index >= 15 is 0 Å². The number of carboxylic acid groups (broad SMARTS) is 1. The molecule has 9 heavy (non-hydrogen) atoms. The molecule has 0 saturated heterocycles. The summed E-state index contributed by atoms with van der Waals surface area (Å²) in [4.78, 5) is 10.2. The maximum atomic E-state index is 10.2. The van der Waals surface area contributed by atoms with Gasteiger partial charge in [-0.25, -0.2) is 4.79 Å². The molecular formula is C6H11NO2. The molecule has 0 unspecified atom stereocenters. The minimum Gasteiger partial charge on any atom is -0.477 e. The van der Waals surface area contributed by atoms with Crippen LogP contribution in [0.2, 0.25) is 0 Å². The minimum atomic E-state index is -0.903. The van der Waals surface area contributed by atoms with Crippen LogP contribution in [0.15, 0.2) is 11.8 Å². The van der Waals surface area contributed by atoms with E-state index in [1.807, 2.05) is 6.92 Å². The quantitative estimate of drug-likeness (QED) is 0.548. The first kappa shape index (κ1) is 8.01. The molecule has 0 aliphatic rings. The number of carbonyl (C=O) groups is 1.